The van der Waals surface area contributed by atoms with Gasteiger partial charge in [-0.15, -0.1) is 0 Å². The van der Waals surface area contributed by atoms with Gasteiger partial charge in [0.15, 0.2) is 0 Å². The third-order valence-electron chi connectivity index (χ3n) is 5.99. The van der Waals surface area contributed by atoms with Crippen LogP contribution in [0.2, 0.25) is 0 Å². The number of nitrogens with one attached hydrogen (secondary N) is 3. The summed E-state index contributed by atoms with van der Waals surface area (Å²) in [4.78, 5) is 49.6. The smallest absolute Gasteiger partial charge is 0.481 e. The molecule has 236 valence electrons. The highest BCUT2D eigenvalue weighted by molar-refractivity contribution is 5.88. The molecule has 0 bridgehead atoms. The number of hydrogen-bond donors (Lipinski definition) is 6. The largest absolute Gasteiger partial charge is 0.490 e. The molecular weight excluding hydrogens is 585 g/mol. The Balaban J connectivity index is 0.000000860. The van der Waals surface area contributed by atoms with Crippen LogP contribution in [0.3, 0.4) is 0 Å². The van der Waals surface area contributed by atoms with E-state index < -0.39 is 42.7 Å². The predicted octanol–water partition coefficient (Wildman–Crippen LogP) is 3.77. The molecule has 0 fully saturated rings. The molecule has 0 radical (unpaired) electrons. The number of unbranched alkanes of at least 4 members (excludes halogenated alkanes) is 1. The average molecular weight is 619 g/mol. The first-order chi connectivity index (χ1) is 20.9. The molecule has 0 spiro atoms. The molecule has 2 atom stereocenters. The van der Waals surface area contributed by atoms with Crippen LogP contribution in [0, 0.1) is 0 Å². The number of nitrogens with zero attached hydrogens (tertiary/aromatic N) is 1. The minimum atomic E-state index is -5.08. The number of aliphatic hydroxyl groups excluding tert-OH is 1. The number of rotatable bonds is 14. The monoisotopic (exact) mass is 618 g/mol. The molecule has 1 aromatic heterocycles. The van der Waals surface area contributed by atoms with E-state index in [1.807, 2.05) is 60.7 Å². The molecule has 0 aliphatic carbocycles. The molecule has 0 aliphatic rings. The zero-order valence-electron chi connectivity index (χ0n) is 23.5. The van der Waals surface area contributed by atoms with Gasteiger partial charge in [-0.2, -0.15) is 13.2 Å². The molecule has 14 heteroatoms. The van der Waals surface area contributed by atoms with Gasteiger partial charge in [-0.1, -0.05) is 60.7 Å². The van der Waals surface area contributed by atoms with E-state index in [-0.39, 0.29) is 18.7 Å². The number of aliphatic hydroxyl groups is 1. The summed E-state index contributed by atoms with van der Waals surface area (Å²) in [6, 6.07) is 20.5. The number of carbonyl (C=O) groups is 4. The Morgan fingerprint density at radius 2 is 1.43 bits per heavy atom. The number of carbonyl (C=O) groups excluding carboxylic acids is 2. The standard InChI is InChI=1S/C28H32N4O5.C2HF3O2/c33-19-24(31-26(34)11-5-7-17-30-25-10-4-6-16-29-25)28(37)32-23(18-27(35)36)22-14-12-21(13-15-22)20-8-2-1-3-9-20;3-2(4,5)1(6)7/h1-4,6,8-10,12-16,23-24,33H,5,7,11,17-19H2,(H,29,30)(H,31,34)(H,32,37)(H,35,36);(H,6,7)/t23?,24-;/m1./s1. The van der Waals surface area contributed by atoms with E-state index in [0.717, 1.165) is 23.4 Å². The predicted molar refractivity (Wildman–Crippen MR) is 154 cm³/mol. The van der Waals surface area contributed by atoms with E-state index in [0.29, 0.717) is 18.5 Å². The van der Waals surface area contributed by atoms with Crippen LogP contribution < -0.4 is 16.0 Å². The molecule has 6 N–H and O–H groups in total. The summed E-state index contributed by atoms with van der Waals surface area (Å²) in [7, 11) is 0. The second kappa shape index (κ2) is 17.9. The summed E-state index contributed by atoms with van der Waals surface area (Å²) < 4.78 is 31.7. The number of anilines is 1. The maximum absolute atomic E-state index is 12.8. The minimum Gasteiger partial charge on any atom is -0.481 e. The average Bonchev–Trinajstić information content (AvgIpc) is 3.00. The molecule has 1 unspecified atom stereocenters. The Morgan fingerprint density at radius 3 is 1.98 bits per heavy atom. The Labute approximate surface area is 251 Å². The lowest BCUT2D eigenvalue weighted by atomic mass is 9.99. The van der Waals surface area contributed by atoms with E-state index in [9.17, 15) is 37.8 Å². The number of carboxylic acid groups (broad SMARTS) is 2. The van der Waals surface area contributed by atoms with Crippen LogP contribution in [0.5, 0.6) is 0 Å². The third kappa shape index (κ3) is 12.9. The van der Waals surface area contributed by atoms with Crippen molar-refractivity contribution in [1.82, 2.24) is 15.6 Å². The number of pyridine rings is 1. The summed E-state index contributed by atoms with van der Waals surface area (Å²) in [6.07, 6.45) is -2.24. The van der Waals surface area contributed by atoms with Crippen LogP contribution >= 0.6 is 0 Å². The first-order valence-corrected chi connectivity index (χ1v) is 13.4. The lowest BCUT2D eigenvalue weighted by molar-refractivity contribution is -0.192. The van der Waals surface area contributed by atoms with Gasteiger partial charge in [0.2, 0.25) is 11.8 Å². The van der Waals surface area contributed by atoms with Crippen molar-refractivity contribution in [3.05, 3.63) is 84.6 Å². The van der Waals surface area contributed by atoms with Crippen LogP contribution in [-0.2, 0) is 19.2 Å². The van der Waals surface area contributed by atoms with Gasteiger partial charge in [-0.05, 0) is 41.7 Å². The fourth-order valence-electron chi connectivity index (χ4n) is 3.79. The summed E-state index contributed by atoms with van der Waals surface area (Å²) in [5.74, 6) is -4.09. The molecule has 0 aliphatic heterocycles. The molecule has 1 heterocycles. The van der Waals surface area contributed by atoms with Crippen molar-refractivity contribution in [2.75, 3.05) is 18.5 Å². The SMILES string of the molecule is O=C(O)C(F)(F)F.O=C(O)CC(NC(=O)[C@@H](CO)NC(=O)CCCCNc1ccccn1)c1ccc(-c2ccccc2)cc1. The number of carboxylic acids is 2. The lowest BCUT2D eigenvalue weighted by Gasteiger charge is -2.22. The molecule has 3 aromatic rings. The van der Waals surface area contributed by atoms with Crippen molar-refractivity contribution in [2.24, 2.45) is 0 Å². The van der Waals surface area contributed by atoms with Crippen LogP contribution in [-0.4, -0.2) is 69.4 Å². The van der Waals surface area contributed by atoms with Gasteiger partial charge >= 0.3 is 18.1 Å². The number of benzene rings is 2. The van der Waals surface area contributed by atoms with Crippen LogP contribution in [0.1, 0.15) is 37.3 Å². The zero-order valence-corrected chi connectivity index (χ0v) is 23.5. The van der Waals surface area contributed by atoms with Gasteiger partial charge in [-0.3, -0.25) is 14.4 Å². The van der Waals surface area contributed by atoms with Crippen molar-refractivity contribution in [3.63, 3.8) is 0 Å². The second-order valence-corrected chi connectivity index (χ2v) is 9.35. The summed E-state index contributed by atoms with van der Waals surface area (Å²) >= 11 is 0. The number of amides is 2. The first kappa shape index (κ1) is 35.2. The van der Waals surface area contributed by atoms with Gasteiger partial charge in [-0.25, -0.2) is 9.78 Å². The summed E-state index contributed by atoms with van der Waals surface area (Å²) in [5.41, 5.74) is 2.59. The highest BCUT2D eigenvalue weighted by Crippen LogP contribution is 2.23. The van der Waals surface area contributed by atoms with Crippen LogP contribution in [0.4, 0.5) is 19.0 Å². The Morgan fingerprint density at radius 1 is 0.818 bits per heavy atom. The maximum Gasteiger partial charge on any atom is 0.490 e. The Bertz CT molecular complexity index is 1340. The Hall–Kier alpha value is -4.98. The zero-order chi connectivity index (χ0) is 32.5. The molecule has 0 saturated heterocycles. The number of aliphatic carboxylic acids is 2. The summed E-state index contributed by atoms with van der Waals surface area (Å²) in [5, 5.41) is 34.5. The van der Waals surface area contributed by atoms with Crippen molar-refractivity contribution < 1.29 is 47.7 Å². The van der Waals surface area contributed by atoms with E-state index >= 15 is 0 Å². The number of hydrogen-bond acceptors (Lipinski definition) is 7. The molecule has 2 aromatic carbocycles. The molecule has 11 nitrogen and oxygen atoms in total. The normalized spacial score (nSPS) is 12.1. The minimum absolute atomic E-state index is 0.188. The maximum atomic E-state index is 12.8. The highest BCUT2D eigenvalue weighted by Gasteiger charge is 2.38. The van der Waals surface area contributed by atoms with E-state index in [4.69, 9.17) is 9.90 Å². The molecular formula is C30H33F3N4O7. The molecule has 44 heavy (non-hydrogen) atoms. The highest BCUT2D eigenvalue weighted by atomic mass is 19.4. The van der Waals surface area contributed by atoms with Crippen LogP contribution in [0.15, 0.2) is 79.0 Å². The first-order valence-electron chi connectivity index (χ1n) is 13.4. The number of aromatic nitrogens is 1. The summed E-state index contributed by atoms with van der Waals surface area (Å²) in [6.45, 7) is 0.0413. The van der Waals surface area contributed by atoms with Crippen molar-refractivity contribution in [1.29, 1.82) is 0 Å². The molecule has 0 saturated carbocycles. The van der Waals surface area contributed by atoms with Crippen molar-refractivity contribution >= 4 is 29.6 Å². The third-order valence-corrected chi connectivity index (χ3v) is 5.99. The number of alkyl halides is 3. The van der Waals surface area contributed by atoms with E-state index in [1.165, 1.54) is 0 Å². The van der Waals surface area contributed by atoms with Gasteiger partial charge in [0.1, 0.15) is 11.9 Å². The van der Waals surface area contributed by atoms with Gasteiger partial charge in [0.25, 0.3) is 0 Å². The Kier molecular flexibility index (Phi) is 14.3. The fraction of sp³-hybridized carbons (Fsp3) is 0.300. The van der Waals surface area contributed by atoms with Gasteiger partial charge in [0, 0.05) is 19.2 Å². The second-order valence-electron chi connectivity index (χ2n) is 9.35. The molecule has 3 rings (SSSR count). The lowest BCUT2D eigenvalue weighted by Crippen LogP contribution is -2.49. The van der Waals surface area contributed by atoms with Crippen molar-refractivity contribution in [3.8, 4) is 11.1 Å². The topological polar surface area (TPSA) is 178 Å². The number of halogens is 3. The van der Waals surface area contributed by atoms with Gasteiger partial charge in [0.05, 0.1) is 19.1 Å². The molecule has 2 amide bonds. The van der Waals surface area contributed by atoms with E-state index in [1.54, 1.807) is 18.3 Å². The van der Waals surface area contributed by atoms with E-state index in [2.05, 4.69) is 20.9 Å². The van der Waals surface area contributed by atoms with Gasteiger partial charge < -0.3 is 31.3 Å². The fourth-order valence-corrected chi connectivity index (χ4v) is 3.79. The quantitative estimate of drug-likeness (QED) is 0.147. The van der Waals surface area contributed by atoms with Crippen molar-refractivity contribution in [2.45, 2.75) is 43.9 Å². The van der Waals surface area contributed by atoms with Crippen LogP contribution in [0.25, 0.3) is 11.1 Å².